The van der Waals surface area contributed by atoms with Gasteiger partial charge in [-0.3, -0.25) is 4.98 Å². The number of benzene rings is 1. The molecular formula is C18H26N2. The van der Waals surface area contributed by atoms with Gasteiger partial charge in [-0.2, -0.15) is 0 Å². The van der Waals surface area contributed by atoms with E-state index in [1.165, 1.54) is 23.9 Å². The Hall–Kier alpha value is -1.57. The third-order valence-electron chi connectivity index (χ3n) is 3.49. The van der Waals surface area contributed by atoms with Crippen molar-refractivity contribution in [3.8, 4) is 0 Å². The van der Waals surface area contributed by atoms with Crippen LogP contribution in [0.15, 0.2) is 36.5 Å². The maximum absolute atomic E-state index is 4.37. The van der Waals surface area contributed by atoms with Gasteiger partial charge in [0.15, 0.2) is 0 Å². The topological polar surface area (TPSA) is 24.9 Å². The average molecular weight is 270 g/mol. The number of pyridine rings is 1. The Morgan fingerprint density at radius 3 is 2.35 bits per heavy atom. The largest absolute Gasteiger partial charge is 0.382 e. The van der Waals surface area contributed by atoms with Gasteiger partial charge < -0.3 is 5.32 Å². The summed E-state index contributed by atoms with van der Waals surface area (Å²) in [4.78, 5) is 4.37. The van der Waals surface area contributed by atoms with Crippen molar-refractivity contribution in [2.45, 2.75) is 46.6 Å². The lowest BCUT2D eigenvalue weighted by molar-refractivity contribution is 0.442. The molecule has 0 saturated carbocycles. The highest BCUT2D eigenvalue weighted by atomic mass is 14.9. The van der Waals surface area contributed by atoms with E-state index in [2.05, 4.69) is 62.3 Å². The molecule has 20 heavy (non-hydrogen) atoms. The predicted octanol–water partition coefficient (Wildman–Crippen LogP) is 5.11. The van der Waals surface area contributed by atoms with E-state index in [0.717, 1.165) is 5.52 Å². The molecule has 1 aromatic carbocycles. The van der Waals surface area contributed by atoms with Crippen LogP contribution in [0.25, 0.3) is 10.9 Å². The van der Waals surface area contributed by atoms with Crippen molar-refractivity contribution in [2.24, 2.45) is 11.8 Å². The molecule has 0 unspecified atom stereocenters. The summed E-state index contributed by atoms with van der Waals surface area (Å²) in [5.41, 5.74) is 2.26. The van der Waals surface area contributed by atoms with E-state index in [9.17, 15) is 0 Å². The number of fused-ring (bicyclic) bond motifs is 1. The highest BCUT2D eigenvalue weighted by Gasteiger charge is 2.13. The number of aromatic nitrogens is 1. The number of nitrogens with zero attached hydrogens (tertiary/aromatic N) is 1. The van der Waals surface area contributed by atoms with E-state index in [-0.39, 0.29) is 0 Å². The molecule has 108 valence electrons. The lowest BCUT2D eigenvalue weighted by Gasteiger charge is -2.23. The summed E-state index contributed by atoms with van der Waals surface area (Å²) in [5, 5.41) is 4.91. The van der Waals surface area contributed by atoms with Gasteiger partial charge in [0.25, 0.3) is 0 Å². The van der Waals surface area contributed by atoms with Crippen LogP contribution in [0.1, 0.15) is 40.5 Å². The summed E-state index contributed by atoms with van der Waals surface area (Å²) in [6.45, 7) is 9.16. The number of hydrogen-bond acceptors (Lipinski definition) is 2. The first-order valence-electron chi connectivity index (χ1n) is 7.66. The van der Waals surface area contributed by atoms with E-state index >= 15 is 0 Å². The fourth-order valence-electron chi connectivity index (χ4n) is 2.75. The van der Waals surface area contributed by atoms with Crippen molar-refractivity contribution in [2.75, 3.05) is 5.32 Å². The Balaban J connectivity index is 2.14. The van der Waals surface area contributed by atoms with E-state index in [4.69, 9.17) is 0 Å². The van der Waals surface area contributed by atoms with E-state index in [0.29, 0.717) is 17.9 Å². The summed E-state index contributed by atoms with van der Waals surface area (Å²) in [5.74, 6) is 1.43. The molecule has 2 rings (SSSR count). The molecule has 2 nitrogen and oxygen atoms in total. The Kier molecular flexibility index (Phi) is 4.99. The lowest BCUT2D eigenvalue weighted by Crippen LogP contribution is -2.23. The molecule has 0 fully saturated rings. The standard InChI is InChI=1S/C18H26N2/c1-13(2)10-17(11-14(3)4)20-16-7-8-18-15(12-16)6-5-9-19-18/h5-9,12-14,17,20H,10-11H2,1-4H3. The molecule has 0 atom stereocenters. The van der Waals surface area contributed by atoms with Crippen molar-refractivity contribution in [1.29, 1.82) is 0 Å². The van der Waals surface area contributed by atoms with Gasteiger partial charge in [0.2, 0.25) is 0 Å². The van der Waals surface area contributed by atoms with Gasteiger partial charge in [-0.25, -0.2) is 0 Å². The van der Waals surface area contributed by atoms with Gasteiger partial charge in [-0.15, -0.1) is 0 Å². The zero-order valence-electron chi connectivity index (χ0n) is 13.1. The quantitative estimate of drug-likeness (QED) is 0.789. The van der Waals surface area contributed by atoms with Crippen LogP contribution >= 0.6 is 0 Å². The molecule has 1 N–H and O–H groups in total. The second-order valence-corrected chi connectivity index (χ2v) is 6.51. The van der Waals surface area contributed by atoms with Gasteiger partial charge in [-0.05, 0) is 48.9 Å². The Bertz CT molecular complexity index is 536. The van der Waals surface area contributed by atoms with Crippen LogP contribution in [-0.4, -0.2) is 11.0 Å². The smallest absolute Gasteiger partial charge is 0.0703 e. The number of hydrogen-bond donors (Lipinski definition) is 1. The molecule has 0 spiro atoms. The molecule has 0 saturated heterocycles. The van der Waals surface area contributed by atoms with Crippen molar-refractivity contribution in [3.05, 3.63) is 36.5 Å². The highest BCUT2D eigenvalue weighted by Crippen LogP contribution is 2.22. The monoisotopic (exact) mass is 270 g/mol. The molecule has 0 aliphatic carbocycles. The Morgan fingerprint density at radius 2 is 1.70 bits per heavy atom. The van der Waals surface area contributed by atoms with Crippen molar-refractivity contribution < 1.29 is 0 Å². The normalized spacial score (nSPS) is 11.8. The second-order valence-electron chi connectivity index (χ2n) is 6.51. The average Bonchev–Trinajstić information content (AvgIpc) is 2.37. The van der Waals surface area contributed by atoms with E-state index in [1.54, 1.807) is 0 Å². The van der Waals surface area contributed by atoms with Crippen LogP contribution in [-0.2, 0) is 0 Å². The van der Waals surface area contributed by atoms with E-state index in [1.807, 2.05) is 12.3 Å². The lowest BCUT2D eigenvalue weighted by atomic mass is 9.95. The molecule has 1 heterocycles. The molecule has 0 radical (unpaired) electrons. The first-order valence-corrected chi connectivity index (χ1v) is 7.66. The molecule has 0 amide bonds. The van der Waals surface area contributed by atoms with Gasteiger partial charge in [0, 0.05) is 23.3 Å². The minimum absolute atomic E-state index is 0.545. The Labute approximate surface area is 122 Å². The number of nitrogens with one attached hydrogen (secondary N) is 1. The predicted molar refractivity (Wildman–Crippen MR) is 88.1 cm³/mol. The molecule has 1 aromatic heterocycles. The highest BCUT2D eigenvalue weighted by molar-refractivity contribution is 5.82. The summed E-state index contributed by atoms with van der Waals surface area (Å²) in [6, 6.07) is 11.1. The molecule has 2 heteroatoms. The van der Waals surface area contributed by atoms with Crippen molar-refractivity contribution in [3.63, 3.8) is 0 Å². The van der Waals surface area contributed by atoms with Crippen LogP contribution in [0, 0.1) is 11.8 Å². The van der Waals surface area contributed by atoms with Crippen LogP contribution in [0.2, 0.25) is 0 Å². The minimum Gasteiger partial charge on any atom is -0.382 e. The van der Waals surface area contributed by atoms with Crippen LogP contribution in [0.3, 0.4) is 0 Å². The second kappa shape index (κ2) is 6.74. The molecule has 2 aromatic rings. The van der Waals surface area contributed by atoms with Crippen LogP contribution < -0.4 is 5.32 Å². The van der Waals surface area contributed by atoms with Gasteiger partial charge in [-0.1, -0.05) is 33.8 Å². The maximum Gasteiger partial charge on any atom is 0.0703 e. The zero-order valence-corrected chi connectivity index (χ0v) is 13.1. The van der Waals surface area contributed by atoms with E-state index < -0.39 is 0 Å². The molecular weight excluding hydrogens is 244 g/mol. The fourth-order valence-corrected chi connectivity index (χ4v) is 2.75. The van der Waals surface area contributed by atoms with Gasteiger partial charge in [0.05, 0.1) is 5.52 Å². The van der Waals surface area contributed by atoms with Crippen LogP contribution in [0.5, 0.6) is 0 Å². The zero-order chi connectivity index (χ0) is 14.5. The number of anilines is 1. The van der Waals surface area contributed by atoms with Crippen LogP contribution in [0.4, 0.5) is 5.69 Å². The minimum atomic E-state index is 0.545. The first kappa shape index (κ1) is 14.8. The first-order chi connectivity index (χ1) is 9.54. The third kappa shape index (κ3) is 4.22. The summed E-state index contributed by atoms with van der Waals surface area (Å²) >= 11 is 0. The number of rotatable bonds is 6. The molecule has 0 bridgehead atoms. The fraction of sp³-hybridized carbons (Fsp3) is 0.500. The van der Waals surface area contributed by atoms with Gasteiger partial charge in [0.1, 0.15) is 0 Å². The maximum atomic E-state index is 4.37. The van der Waals surface area contributed by atoms with Crippen molar-refractivity contribution in [1.82, 2.24) is 4.98 Å². The summed E-state index contributed by atoms with van der Waals surface area (Å²) < 4.78 is 0. The SMILES string of the molecule is CC(C)CC(CC(C)C)Nc1ccc2ncccc2c1. The molecule has 0 aliphatic heterocycles. The molecule has 0 aliphatic rings. The summed E-state index contributed by atoms with van der Waals surface area (Å²) in [7, 11) is 0. The Morgan fingerprint density at radius 1 is 1.00 bits per heavy atom. The summed E-state index contributed by atoms with van der Waals surface area (Å²) in [6.07, 6.45) is 4.27. The van der Waals surface area contributed by atoms with Crippen molar-refractivity contribution >= 4 is 16.6 Å². The third-order valence-corrected chi connectivity index (χ3v) is 3.49. The van der Waals surface area contributed by atoms with Gasteiger partial charge >= 0.3 is 0 Å².